The van der Waals surface area contributed by atoms with Gasteiger partial charge in [-0.25, -0.2) is 9.97 Å². The van der Waals surface area contributed by atoms with Crippen LogP contribution in [0.2, 0.25) is 0 Å². The third kappa shape index (κ3) is 3.65. The number of para-hydroxylation sites is 2. The summed E-state index contributed by atoms with van der Waals surface area (Å²) in [5.74, 6) is -0.772. The lowest BCUT2D eigenvalue weighted by atomic mass is 10.0. The van der Waals surface area contributed by atoms with E-state index in [0.717, 1.165) is 31.7 Å². The van der Waals surface area contributed by atoms with Gasteiger partial charge in [-0.1, -0.05) is 18.2 Å². The van der Waals surface area contributed by atoms with Crippen molar-refractivity contribution in [3.8, 4) is 6.07 Å². The molecule has 1 aliphatic rings. The standard InChI is InChI=1S/C19H22N6O/c1-3-8-21-19(26)14(13-20)17-18(25-11-9-24(2)10-12-25)23-16-7-5-4-6-15(16)22-17/h3-7,14H,1,8-12H2,2H3,(H,21,26)/t14-/m0/s1. The highest BCUT2D eigenvalue weighted by molar-refractivity contribution is 5.89. The summed E-state index contributed by atoms with van der Waals surface area (Å²) in [7, 11) is 2.07. The van der Waals surface area contributed by atoms with Gasteiger partial charge in [0.2, 0.25) is 5.91 Å². The summed E-state index contributed by atoms with van der Waals surface area (Å²) in [6, 6.07) is 9.61. The van der Waals surface area contributed by atoms with E-state index < -0.39 is 5.92 Å². The molecule has 134 valence electrons. The number of nitrogens with zero attached hydrogens (tertiary/aromatic N) is 5. The maximum atomic E-state index is 12.5. The first kappa shape index (κ1) is 17.8. The van der Waals surface area contributed by atoms with Crippen molar-refractivity contribution in [3.05, 3.63) is 42.6 Å². The lowest BCUT2D eigenvalue weighted by Crippen LogP contribution is -2.45. The molecule has 1 atom stereocenters. The number of nitrogens with one attached hydrogen (secondary N) is 1. The van der Waals surface area contributed by atoms with Crippen LogP contribution >= 0.6 is 0 Å². The highest BCUT2D eigenvalue weighted by Crippen LogP contribution is 2.27. The first-order valence-corrected chi connectivity index (χ1v) is 8.62. The summed E-state index contributed by atoms with van der Waals surface area (Å²) in [6.07, 6.45) is 1.58. The van der Waals surface area contributed by atoms with Gasteiger partial charge < -0.3 is 15.1 Å². The summed E-state index contributed by atoms with van der Waals surface area (Å²) in [5, 5.41) is 12.3. The molecule has 0 spiro atoms. The van der Waals surface area contributed by atoms with Crippen molar-refractivity contribution in [2.45, 2.75) is 5.92 Å². The van der Waals surface area contributed by atoms with Gasteiger partial charge in [-0.3, -0.25) is 4.79 Å². The third-order valence-electron chi connectivity index (χ3n) is 4.47. The molecule has 0 saturated carbocycles. The molecule has 0 radical (unpaired) electrons. The topological polar surface area (TPSA) is 85.1 Å². The van der Waals surface area contributed by atoms with Crippen molar-refractivity contribution in [2.75, 3.05) is 44.7 Å². The van der Waals surface area contributed by atoms with Gasteiger partial charge in [-0.05, 0) is 19.2 Å². The summed E-state index contributed by atoms with van der Waals surface area (Å²) < 4.78 is 0. The van der Waals surface area contributed by atoms with E-state index >= 15 is 0 Å². The van der Waals surface area contributed by atoms with E-state index in [2.05, 4.69) is 39.8 Å². The molecule has 0 aliphatic carbocycles. The number of carbonyl (C=O) groups is 1. The summed E-state index contributed by atoms with van der Waals surface area (Å²) in [6.45, 7) is 7.25. The average Bonchev–Trinajstić information content (AvgIpc) is 2.67. The Labute approximate surface area is 152 Å². The molecule has 1 N–H and O–H groups in total. The van der Waals surface area contributed by atoms with Crippen molar-refractivity contribution in [1.29, 1.82) is 5.26 Å². The van der Waals surface area contributed by atoms with E-state index in [0.29, 0.717) is 23.6 Å². The van der Waals surface area contributed by atoms with Crippen LogP contribution in [-0.2, 0) is 4.79 Å². The zero-order valence-electron chi connectivity index (χ0n) is 14.9. The second-order valence-electron chi connectivity index (χ2n) is 6.31. The molecule has 1 saturated heterocycles. The Hall–Kier alpha value is -2.98. The molecule has 1 aromatic heterocycles. The number of fused-ring (bicyclic) bond motifs is 1. The number of carbonyl (C=O) groups excluding carboxylic acids is 1. The molecule has 1 fully saturated rings. The second kappa shape index (κ2) is 7.93. The zero-order chi connectivity index (χ0) is 18.5. The summed E-state index contributed by atoms with van der Waals surface area (Å²) >= 11 is 0. The van der Waals surface area contributed by atoms with Gasteiger partial charge in [-0.2, -0.15) is 5.26 Å². The van der Waals surface area contributed by atoms with Gasteiger partial charge in [-0.15, -0.1) is 6.58 Å². The van der Waals surface area contributed by atoms with Gasteiger partial charge in [0.25, 0.3) is 0 Å². The van der Waals surface area contributed by atoms with Crippen LogP contribution in [0.4, 0.5) is 5.82 Å². The predicted octanol–water partition coefficient (Wildman–Crippen LogP) is 1.29. The maximum Gasteiger partial charge on any atom is 0.243 e. The molecular weight excluding hydrogens is 328 g/mol. The van der Waals surface area contributed by atoms with Crippen molar-refractivity contribution >= 4 is 22.8 Å². The van der Waals surface area contributed by atoms with Crippen LogP contribution in [0, 0.1) is 11.3 Å². The number of piperazine rings is 1. The van der Waals surface area contributed by atoms with Gasteiger partial charge in [0, 0.05) is 32.7 Å². The largest absolute Gasteiger partial charge is 0.352 e. The monoisotopic (exact) mass is 350 g/mol. The molecule has 2 aromatic rings. The summed E-state index contributed by atoms with van der Waals surface area (Å²) in [5.41, 5.74) is 1.85. The highest BCUT2D eigenvalue weighted by atomic mass is 16.1. The fourth-order valence-corrected chi connectivity index (χ4v) is 2.97. The highest BCUT2D eigenvalue weighted by Gasteiger charge is 2.29. The van der Waals surface area contributed by atoms with Crippen LogP contribution in [-0.4, -0.2) is 60.5 Å². The van der Waals surface area contributed by atoms with Crippen LogP contribution in [0.3, 0.4) is 0 Å². The molecule has 1 amide bonds. The smallest absolute Gasteiger partial charge is 0.243 e. The Balaban J connectivity index is 2.06. The Morgan fingerprint density at radius 3 is 2.58 bits per heavy atom. The van der Waals surface area contributed by atoms with Crippen LogP contribution in [0.15, 0.2) is 36.9 Å². The molecule has 3 rings (SSSR count). The second-order valence-corrected chi connectivity index (χ2v) is 6.31. The number of amides is 1. The van der Waals surface area contributed by atoms with Crippen LogP contribution < -0.4 is 10.2 Å². The lowest BCUT2D eigenvalue weighted by molar-refractivity contribution is -0.121. The molecule has 7 heteroatoms. The lowest BCUT2D eigenvalue weighted by Gasteiger charge is -2.34. The molecule has 26 heavy (non-hydrogen) atoms. The minimum Gasteiger partial charge on any atom is -0.352 e. The first-order valence-electron chi connectivity index (χ1n) is 8.62. The predicted molar refractivity (Wildman–Crippen MR) is 101 cm³/mol. The number of benzene rings is 1. The van der Waals surface area contributed by atoms with Crippen molar-refractivity contribution in [3.63, 3.8) is 0 Å². The number of nitriles is 1. The number of aromatic nitrogens is 2. The van der Waals surface area contributed by atoms with Gasteiger partial charge in [0.15, 0.2) is 11.7 Å². The third-order valence-corrected chi connectivity index (χ3v) is 4.47. The maximum absolute atomic E-state index is 12.5. The molecule has 7 nitrogen and oxygen atoms in total. The van der Waals surface area contributed by atoms with E-state index in [9.17, 15) is 10.1 Å². The zero-order valence-corrected chi connectivity index (χ0v) is 14.9. The molecule has 0 unspecified atom stereocenters. The van der Waals surface area contributed by atoms with E-state index in [1.807, 2.05) is 24.3 Å². The normalized spacial score (nSPS) is 16.1. The fourth-order valence-electron chi connectivity index (χ4n) is 2.97. The van der Waals surface area contributed by atoms with Gasteiger partial charge in [0.05, 0.1) is 17.1 Å². The van der Waals surface area contributed by atoms with Crippen molar-refractivity contribution < 1.29 is 4.79 Å². The Bertz CT molecular complexity index is 851. The average molecular weight is 350 g/mol. The Morgan fingerprint density at radius 2 is 1.96 bits per heavy atom. The molecule has 2 heterocycles. The van der Waals surface area contributed by atoms with E-state index in [1.54, 1.807) is 6.08 Å². The van der Waals surface area contributed by atoms with E-state index in [4.69, 9.17) is 4.98 Å². The number of rotatable bonds is 5. The SMILES string of the molecule is C=CCNC(=O)[C@@H](C#N)c1nc2ccccc2nc1N1CCN(C)CC1. The van der Waals surface area contributed by atoms with E-state index in [-0.39, 0.29) is 5.91 Å². The van der Waals surface area contributed by atoms with Crippen molar-refractivity contribution in [2.24, 2.45) is 0 Å². The number of likely N-dealkylation sites (N-methyl/N-ethyl adjacent to an activating group) is 1. The van der Waals surface area contributed by atoms with Crippen molar-refractivity contribution in [1.82, 2.24) is 20.2 Å². The molecule has 1 aromatic carbocycles. The van der Waals surface area contributed by atoms with Gasteiger partial charge >= 0.3 is 0 Å². The van der Waals surface area contributed by atoms with Crippen LogP contribution in [0.25, 0.3) is 11.0 Å². The number of anilines is 1. The minimum atomic E-state index is -1.01. The quantitative estimate of drug-likeness (QED) is 0.818. The van der Waals surface area contributed by atoms with Crippen LogP contribution in [0.5, 0.6) is 0 Å². The molecule has 0 bridgehead atoms. The Kier molecular flexibility index (Phi) is 5.44. The number of hydrogen-bond donors (Lipinski definition) is 1. The van der Waals surface area contributed by atoms with E-state index in [1.165, 1.54) is 0 Å². The molecular formula is C19H22N6O. The van der Waals surface area contributed by atoms with Gasteiger partial charge in [0.1, 0.15) is 5.69 Å². The fraction of sp³-hybridized carbons (Fsp3) is 0.368. The molecule has 1 aliphatic heterocycles. The first-order chi connectivity index (χ1) is 12.6. The Morgan fingerprint density at radius 1 is 1.31 bits per heavy atom. The number of hydrogen-bond acceptors (Lipinski definition) is 6. The van der Waals surface area contributed by atoms with Crippen LogP contribution in [0.1, 0.15) is 11.6 Å². The summed E-state index contributed by atoms with van der Waals surface area (Å²) in [4.78, 5) is 26.2. The minimum absolute atomic E-state index is 0.307.